The van der Waals surface area contributed by atoms with Crippen LogP contribution in [0.15, 0.2) is 30.3 Å². The Balaban J connectivity index is 1.40. The molecule has 1 aliphatic carbocycles. The maximum absolute atomic E-state index is 13.4. The maximum Gasteiger partial charge on any atom is 0.321 e. The van der Waals surface area contributed by atoms with Crippen LogP contribution in [0.2, 0.25) is 5.02 Å². The number of hydrogen-bond acceptors (Lipinski definition) is 2. The van der Waals surface area contributed by atoms with E-state index in [0.29, 0.717) is 42.9 Å². The van der Waals surface area contributed by atoms with Crippen LogP contribution >= 0.6 is 11.6 Å². The van der Waals surface area contributed by atoms with Crippen LogP contribution in [0.1, 0.15) is 66.3 Å². The van der Waals surface area contributed by atoms with Crippen molar-refractivity contribution >= 4 is 29.2 Å². The zero-order valence-electron chi connectivity index (χ0n) is 19.1. The average Bonchev–Trinajstić information content (AvgIpc) is 2.95. The minimum absolute atomic E-state index is 0.0834. The molecule has 3 amide bonds. The fourth-order valence-corrected chi connectivity index (χ4v) is 5.25. The highest BCUT2D eigenvalue weighted by Gasteiger charge is 2.27. The number of aryl methyl sites for hydroxylation is 1. The predicted octanol–water partition coefficient (Wildman–Crippen LogP) is 5.64. The Morgan fingerprint density at radius 1 is 0.906 bits per heavy atom. The first kappa shape index (κ1) is 22.7. The van der Waals surface area contributed by atoms with Gasteiger partial charge in [0.15, 0.2) is 0 Å². The largest absolute Gasteiger partial charge is 0.345 e. The number of halogens is 1. The van der Waals surface area contributed by atoms with Gasteiger partial charge in [0.1, 0.15) is 0 Å². The summed E-state index contributed by atoms with van der Waals surface area (Å²) in [7, 11) is 0. The summed E-state index contributed by atoms with van der Waals surface area (Å²) in [5.74, 6) is 0.0834. The molecule has 6 nitrogen and oxygen atoms in total. The van der Waals surface area contributed by atoms with Crippen molar-refractivity contribution in [1.82, 2.24) is 14.4 Å². The molecule has 0 unspecified atom stereocenters. The van der Waals surface area contributed by atoms with E-state index < -0.39 is 0 Å². The van der Waals surface area contributed by atoms with Gasteiger partial charge in [-0.3, -0.25) is 4.79 Å². The molecule has 4 rings (SSSR count). The molecule has 1 aromatic heterocycles. The number of carbonyl (C=O) groups is 2. The molecule has 172 valence electrons. The van der Waals surface area contributed by atoms with E-state index in [0.717, 1.165) is 17.7 Å². The number of urea groups is 1. The fourth-order valence-electron chi connectivity index (χ4n) is 5.12. The van der Waals surface area contributed by atoms with Gasteiger partial charge >= 0.3 is 6.03 Å². The number of carbonyl (C=O) groups excluding carboxylic acids is 2. The van der Waals surface area contributed by atoms with Crippen molar-refractivity contribution in [3.8, 4) is 0 Å². The second-order valence-corrected chi connectivity index (χ2v) is 9.45. The van der Waals surface area contributed by atoms with Gasteiger partial charge in [-0.25, -0.2) is 4.79 Å². The minimum Gasteiger partial charge on any atom is -0.345 e. The molecule has 2 aliphatic rings. The van der Waals surface area contributed by atoms with E-state index in [-0.39, 0.29) is 11.9 Å². The molecule has 1 N–H and O–H groups in total. The molecule has 1 saturated carbocycles. The third-order valence-electron chi connectivity index (χ3n) is 6.82. The van der Waals surface area contributed by atoms with Gasteiger partial charge in [0, 0.05) is 54.3 Å². The number of aromatic nitrogens is 1. The molecule has 0 atom stereocenters. The number of hydrogen-bond donors (Lipinski definition) is 1. The molecule has 7 heteroatoms. The molecule has 0 bridgehead atoms. The van der Waals surface area contributed by atoms with Gasteiger partial charge in [0.25, 0.3) is 5.91 Å². The molecular formula is C25H33ClN4O2. The van der Waals surface area contributed by atoms with Crippen LogP contribution in [0.25, 0.3) is 0 Å². The van der Waals surface area contributed by atoms with Gasteiger partial charge < -0.3 is 19.7 Å². The number of rotatable bonds is 3. The molecule has 0 spiro atoms. The highest BCUT2D eigenvalue weighted by molar-refractivity contribution is 6.30. The van der Waals surface area contributed by atoms with E-state index in [4.69, 9.17) is 11.6 Å². The summed E-state index contributed by atoms with van der Waals surface area (Å²) in [6.45, 7) is 6.55. The van der Waals surface area contributed by atoms with E-state index in [2.05, 4.69) is 29.8 Å². The molecule has 0 radical (unpaired) electrons. The van der Waals surface area contributed by atoms with Crippen molar-refractivity contribution < 1.29 is 9.59 Å². The molecule has 32 heavy (non-hydrogen) atoms. The van der Waals surface area contributed by atoms with Crippen molar-refractivity contribution in [1.29, 1.82) is 0 Å². The Hall–Kier alpha value is -2.47. The van der Waals surface area contributed by atoms with E-state index in [1.54, 1.807) is 29.2 Å². The van der Waals surface area contributed by atoms with Crippen LogP contribution < -0.4 is 5.32 Å². The number of amides is 3. The average molecular weight is 457 g/mol. The van der Waals surface area contributed by atoms with E-state index in [1.807, 2.05) is 4.90 Å². The van der Waals surface area contributed by atoms with Crippen LogP contribution in [-0.4, -0.2) is 52.5 Å². The Kier molecular flexibility index (Phi) is 7.09. The molecule has 1 saturated heterocycles. The zero-order valence-corrected chi connectivity index (χ0v) is 19.8. The summed E-state index contributed by atoms with van der Waals surface area (Å²) in [5.41, 5.74) is 3.79. The van der Waals surface area contributed by atoms with Crippen LogP contribution in [0.4, 0.5) is 10.5 Å². The first-order valence-electron chi connectivity index (χ1n) is 11.7. The lowest BCUT2D eigenvalue weighted by atomic mass is 9.95. The minimum atomic E-state index is -0.142. The highest BCUT2D eigenvalue weighted by atomic mass is 35.5. The second-order valence-electron chi connectivity index (χ2n) is 9.02. The van der Waals surface area contributed by atoms with Gasteiger partial charge in [0.2, 0.25) is 0 Å². The first-order chi connectivity index (χ1) is 15.4. The van der Waals surface area contributed by atoms with Crippen molar-refractivity contribution in [2.75, 3.05) is 31.5 Å². The molecule has 1 aliphatic heterocycles. The second kappa shape index (κ2) is 9.99. The number of anilines is 1. The van der Waals surface area contributed by atoms with Crippen molar-refractivity contribution in [2.24, 2.45) is 0 Å². The molecule has 2 aromatic rings. The summed E-state index contributed by atoms with van der Waals surface area (Å²) in [5, 5.41) is 3.55. The first-order valence-corrected chi connectivity index (χ1v) is 12.1. The number of nitrogens with zero attached hydrogens (tertiary/aromatic N) is 3. The maximum atomic E-state index is 13.4. The lowest BCUT2D eigenvalue weighted by Gasteiger charge is -2.27. The van der Waals surface area contributed by atoms with Gasteiger partial charge in [-0.1, -0.05) is 30.9 Å². The Morgan fingerprint density at radius 2 is 1.56 bits per heavy atom. The zero-order chi connectivity index (χ0) is 22.7. The molecular weight excluding hydrogens is 424 g/mol. The van der Waals surface area contributed by atoms with E-state index >= 15 is 0 Å². The lowest BCUT2D eigenvalue weighted by molar-refractivity contribution is 0.0761. The van der Waals surface area contributed by atoms with Crippen molar-refractivity contribution in [3.63, 3.8) is 0 Å². The van der Waals surface area contributed by atoms with Gasteiger partial charge in [-0.05, 0) is 63.4 Å². The Labute approximate surface area is 195 Å². The predicted molar refractivity (Wildman–Crippen MR) is 129 cm³/mol. The summed E-state index contributed by atoms with van der Waals surface area (Å²) in [6, 6.07) is 9.51. The quantitative estimate of drug-likeness (QED) is 0.649. The highest BCUT2D eigenvalue weighted by Crippen LogP contribution is 2.32. The third kappa shape index (κ3) is 4.96. The SMILES string of the molecule is Cc1cc(C(=O)N2CCCN(C(=O)Nc3ccc(Cl)cc3)CC2)c(C)n1C1CCCCC1. The summed E-state index contributed by atoms with van der Waals surface area (Å²) in [6.07, 6.45) is 7.02. The van der Waals surface area contributed by atoms with Crippen LogP contribution in [0.3, 0.4) is 0 Å². The fraction of sp³-hybridized carbons (Fsp3) is 0.520. The third-order valence-corrected chi connectivity index (χ3v) is 7.07. The number of benzene rings is 1. The Bertz CT molecular complexity index is 963. The summed E-state index contributed by atoms with van der Waals surface area (Å²) in [4.78, 5) is 29.8. The lowest BCUT2D eigenvalue weighted by Crippen LogP contribution is -2.39. The smallest absolute Gasteiger partial charge is 0.321 e. The van der Waals surface area contributed by atoms with Gasteiger partial charge in [-0.2, -0.15) is 0 Å². The normalized spacial score (nSPS) is 17.8. The summed E-state index contributed by atoms with van der Waals surface area (Å²) < 4.78 is 2.39. The van der Waals surface area contributed by atoms with Crippen LogP contribution in [0.5, 0.6) is 0 Å². The standard InChI is InChI=1S/C25H33ClN4O2/c1-18-17-23(19(2)30(18)22-7-4-3-5-8-22)24(31)28-13-6-14-29(16-15-28)25(32)27-21-11-9-20(26)10-12-21/h9-12,17,22H,3-8,13-16H2,1-2H3,(H,27,32). The van der Waals surface area contributed by atoms with Crippen LogP contribution in [-0.2, 0) is 0 Å². The summed E-state index contributed by atoms with van der Waals surface area (Å²) >= 11 is 5.92. The molecule has 2 fully saturated rings. The van der Waals surface area contributed by atoms with Crippen molar-refractivity contribution in [3.05, 3.63) is 52.3 Å². The topological polar surface area (TPSA) is 57.6 Å². The molecule has 1 aromatic carbocycles. The molecule has 2 heterocycles. The van der Waals surface area contributed by atoms with Gasteiger partial charge in [-0.15, -0.1) is 0 Å². The van der Waals surface area contributed by atoms with E-state index in [9.17, 15) is 9.59 Å². The number of nitrogens with one attached hydrogen (secondary N) is 1. The van der Waals surface area contributed by atoms with Crippen molar-refractivity contribution in [2.45, 2.75) is 58.4 Å². The monoisotopic (exact) mass is 456 g/mol. The van der Waals surface area contributed by atoms with E-state index in [1.165, 1.54) is 37.8 Å². The van der Waals surface area contributed by atoms with Gasteiger partial charge in [0.05, 0.1) is 5.56 Å². The van der Waals surface area contributed by atoms with Crippen LogP contribution in [0, 0.1) is 13.8 Å². The Morgan fingerprint density at radius 3 is 2.28 bits per heavy atom.